The maximum absolute atomic E-state index is 10.7. The van der Waals surface area contributed by atoms with Gasteiger partial charge in [0, 0.05) is 22.4 Å². The predicted molar refractivity (Wildman–Crippen MR) is 85.9 cm³/mol. The van der Waals surface area contributed by atoms with E-state index < -0.39 is 6.03 Å². The highest BCUT2D eigenvalue weighted by Gasteiger charge is 1.99. The van der Waals surface area contributed by atoms with Gasteiger partial charge in [0.2, 0.25) is 0 Å². The molecule has 20 heavy (non-hydrogen) atoms. The van der Waals surface area contributed by atoms with Crippen molar-refractivity contribution in [3.8, 4) is 0 Å². The van der Waals surface area contributed by atoms with Crippen molar-refractivity contribution in [2.24, 2.45) is 5.73 Å². The van der Waals surface area contributed by atoms with Gasteiger partial charge in [-0.05, 0) is 48.4 Å². The van der Waals surface area contributed by atoms with Crippen molar-refractivity contribution in [2.45, 2.75) is 13.5 Å². The Hall–Kier alpha value is -2.01. The zero-order chi connectivity index (χ0) is 14.5. The minimum atomic E-state index is -0.559. The molecule has 0 heterocycles. The molecular weight excluding hydrogens is 318 g/mol. The van der Waals surface area contributed by atoms with Gasteiger partial charge in [-0.2, -0.15) is 0 Å². The summed E-state index contributed by atoms with van der Waals surface area (Å²) in [5.41, 5.74) is 9.15. The lowest BCUT2D eigenvalue weighted by molar-refractivity contribution is 0.259. The largest absolute Gasteiger partial charge is 0.381 e. The van der Waals surface area contributed by atoms with Crippen LogP contribution in [0.5, 0.6) is 0 Å². The molecule has 5 heteroatoms. The molecule has 0 radical (unpaired) electrons. The van der Waals surface area contributed by atoms with Gasteiger partial charge in [-0.15, -0.1) is 0 Å². The number of benzene rings is 2. The highest BCUT2D eigenvalue weighted by atomic mass is 79.9. The summed E-state index contributed by atoms with van der Waals surface area (Å²) in [4.78, 5) is 10.7. The minimum Gasteiger partial charge on any atom is -0.381 e. The number of amides is 2. The Labute approximate surface area is 126 Å². The molecule has 0 aliphatic carbocycles. The number of anilines is 2. The number of urea groups is 1. The second kappa shape index (κ2) is 6.43. The highest BCUT2D eigenvalue weighted by Crippen LogP contribution is 2.18. The van der Waals surface area contributed by atoms with Crippen molar-refractivity contribution in [3.05, 3.63) is 58.1 Å². The smallest absolute Gasteiger partial charge is 0.316 e. The molecule has 0 atom stereocenters. The fourth-order valence-electron chi connectivity index (χ4n) is 1.83. The lowest BCUT2D eigenvalue weighted by atomic mass is 10.1. The van der Waals surface area contributed by atoms with Crippen LogP contribution in [0.25, 0.3) is 0 Å². The fourth-order valence-corrected chi connectivity index (χ4v) is 2.08. The van der Waals surface area contributed by atoms with E-state index in [9.17, 15) is 4.79 Å². The molecule has 2 rings (SSSR count). The Morgan fingerprint density at radius 1 is 1.15 bits per heavy atom. The average Bonchev–Trinajstić information content (AvgIpc) is 2.41. The Balaban J connectivity index is 1.96. The van der Waals surface area contributed by atoms with E-state index >= 15 is 0 Å². The lowest BCUT2D eigenvalue weighted by Gasteiger charge is -2.09. The van der Waals surface area contributed by atoms with E-state index in [0.717, 1.165) is 16.7 Å². The van der Waals surface area contributed by atoms with Gasteiger partial charge in [-0.1, -0.05) is 28.1 Å². The molecule has 2 aromatic carbocycles. The van der Waals surface area contributed by atoms with Crippen molar-refractivity contribution >= 4 is 33.3 Å². The molecule has 2 aromatic rings. The number of aryl methyl sites for hydroxylation is 1. The van der Waals surface area contributed by atoms with Crippen LogP contribution >= 0.6 is 15.9 Å². The normalized spacial score (nSPS) is 10.1. The Kier molecular flexibility index (Phi) is 4.63. The van der Waals surface area contributed by atoms with Crippen molar-refractivity contribution in [2.75, 3.05) is 10.6 Å². The number of hydrogen-bond acceptors (Lipinski definition) is 2. The molecule has 0 spiro atoms. The molecule has 0 aliphatic heterocycles. The van der Waals surface area contributed by atoms with Crippen LogP contribution in [0.4, 0.5) is 16.2 Å². The molecule has 0 saturated carbocycles. The molecule has 0 unspecified atom stereocenters. The highest BCUT2D eigenvalue weighted by molar-refractivity contribution is 9.10. The van der Waals surface area contributed by atoms with E-state index in [1.165, 1.54) is 11.1 Å². The first-order chi connectivity index (χ1) is 9.54. The molecule has 0 aliphatic rings. The van der Waals surface area contributed by atoms with Crippen LogP contribution in [-0.2, 0) is 6.54 Å². The van der Waals surface area contributed by atoms with Gasteiger partial charge in [-0.25, -0.2) is 4.79 Å². The number of hydrogen-bond donors (Lipinski definition) is 3. The second-order valence-corrected chi connectivity index (χ2v) is 5.36. The van der Waals surface area contributed by atoms with E-state index in [-0.39, 0.29) is 0 Å². The van der Waals surface area contributed by atoms with Crippen molar-refractivity contribution in [1.82, 2.24) is 0 Å². The summed E-state index contributed by atoms with van der Waals surface area (Å²) in [6.45, 7) is 2.81. The van der Waals surface area contributed by atoms with Crippen LogP contribution in [-0.4, -0.2) is 6.03 Å². The maximum Gasteiger partial charge on any atom is 0.316 e. The zero-order valence-electron chi connectivity index (χ0n) is 11.1. The predicted octanol–water partition coefficient (Wildman–Crippen LogP) is 3.86. The molecule has 2 amide bonds. The summed E-state index contributed by atoms with van der Waals surface area (Å²) in [5.74, 6) is 0. The molecule has 0 aromatic heterocycles. The lowest BCUT2D eigenvalue weighted by Crippen LogP contribution is -2.19. The van der Waals surface area contributed by atoms with Gasteiger partial charge < -0.3 is 16.4 Å². The first-order valence-electron chi connectivity index (χ1n) is 6.20. The second-order valence-electron chi connectivity index (χ2n) is 4.50. The third-order valence-corrected chi connectivity index (χ3v) is 3.76. The number of halogens is 1. The molecule has 0 bridgehead atoms. The first kappa shape index (κ1) is 14.4. The van der Waals surface area contributed by atoms with E-state index in [4.69, 9.17) is 5.73 Å². The summed E-state index contributed by atoms with van der Waals surface area (Å²) < 4.78 is 1.11. The number of primary amides is 1. The molecule has 104 valence electrons. The van der Waals surface area contributed by atoms with Gasteiger partial charge in [0.05, 0.1) is 0 Å². The van der Waals surface area contributed by atoms with Gasteiger partial charge >= 0.3 is 6.03 Å². The first-order valence-corrected chi connectivity index (χ1v) is 6.99. The minimum absolute atomic E-state index is 0.559. The Bertz CT molecular complexity index is 611. The van der Waals surface area contributed by atoms with Crippen LogP contribution in [0.2, 0.25) is 0 Å². The Morgan fingerprint density at radius 3 is 2.40 bits per heavy atom. The van der Waals surface area contributed by atoms with Gasteiger partial charge in [0.1, 0.15) is 0 Å². The van der Waals surface area contributed by atoms with Gasteiger partial charge in [0.25, 0.3) is 0 Å². The number of carbonyl (C=O) groups is 1. The zero-order valence-corrected chi connectivity index (χ0v) is 12.7. The van der Waals surface area contributed by atoms with Crippen LogP contribution in [0, 0.1) is 6.92 Å². The third kappa shape index (κ3) is 3.99. The molecule has 0 saturated heterocycles. The standard InChI is InChI=1S/C15H16BrN3O/c1-10-8-11(2-7-14(10)16)9-18-12-3-5-13(6-4-12)19-15(17)20/h2-8,18H,9H2,1H3,(H3,17,19,20). The summed E-state index contributed by atoms with van der Waals surface area (Å²) in [5, 5.41) is 5.85. The van der Waals surface area contributed by atoms with E-state index in [0.29, 0.717) is 5.69 Å². The summed E-state index contributed by atoms with van der Waals surface area (Å²) in [6, 6.07) is 13.1. The fraction of sp³-hybridized carbons (Fsp3) is 0.133. The van der Waals surface area contributed by atoms with Crippen molar-refractivity contribution in [3.63, 3.8) is 0 Å². The molecular formula is C15H16BrN3O. The van der Waals surface area contributed by atoms with Crippen LogP contribution < -0.4 is 16.4 Å². The maximum atomic E-state index is 10.7. The van der Waals surface area contributed by atoms with E-state index in [1.54, 1.807) is 12.1 Å². The summed E-state index contributed by atoms with van der Waals surface area (Å²) >= 11 is 3.49. The molecule has 4 N–H and O–H groups in total. The van der Waals surface area contributed by atoms with Crippen LogP contribution in [0.3, 0.4) is 0 Å². The van der Waals surface area contributed by atoms with Crippen molar-refractivity contribution < 1.29 is 4.79 Å². The van der Waals surface area contributed by atoms with Crippen LogP contribution in [0.15, 0.2) is 46.9 Å². The number of nitrogens with two attached hydrogens (primary N) is 1. The molecule has 0 fully saturated rings. The number of carbonyl (C=O) groups excluding carboxylic acids is 1. The van der Waals surface area contributed by atoms with Gasteiger partial charge in [0.15, 0.2) is 0 Å². The quantitative estimate of drug-likeness (QED) is 0.795. The topological polar surface area (TPSA) is 67.2 Å². The number of nitrogens with one attached hydrogen (secondary N) is 2. The monoisotopic (exact) mass is 333 g/mol. The third-order valence-electron chi connectivity index (χ3n) is 2.87. The number of rotatable bonds is 4. The summed E-state index contributed by atoms with van der Waals surface area (Å²) in [7, 11) is 0. The van der Waals surface area contributed by atoms with Gasteiger partial charge in [-0.3, -0.25) is 0 Å². The average molecular weight is 334 g/mol. The van der Waals surface area contributed by atoms with E-state index in [1.807, 2.05) is 18.2 Å². The SMILES string of the molecule is Cc1cc(CNc2ccc(NC(N)=O)cc2)ccc1Br. The molecule has 4 nitrogen and oxygen atoms in total. The van der Waals surface area contributed by atoms with E-state index in [2.05, 4.69) is 45.6 Å². The van der Waals surface area contributed by atoms with Crippen LogP contribution in [0.1, 0.15) is 11.1 Å². The Morgan fingerprint density at radius 2 is 1.80 bits per heavy atom. The summed E-state index contributed by atoms with van der Waals surface area (Å²) in [6.07, 6.45) is 0. The van der Waals surface area contributed by atoms with Crippen molar-refractivity contribution in [1.29, 1.82) is 0 Å².